The van der Waals surface area contributed by atoms with Gasteiger partial charge < -0.3 is 5.73 Å². The van der Waals surface area contributed by atoms with Gasteiger partial charge in [-0.15, -0.1) is 11.8 Å². The van der Waals surface area contributed by atoms with Crippen LogP contribution in [0.2, 0.25) is 0 Å². The molecule has 2 rings (SSSR count). The molecular weight excluding hydrogens is 230 g/mol. The van der Waals surface area contributed by atoms with E-state index in [1.807, 2.05) is 13.1 Å². The van der Waals surface area contributed by atoms with E-state index in [2.05, 4.69) is 37.3 Å². The van der Waals surface area contributed by atoms with Gasteiger partial charge in [-0.25, -0.2) is 0 Å². The molecule has 1 aromatic heterocycles. The molecule has 0 fully saturated rings. The molecule has 90 valence electrons. The highest BCUT2D eigenvalue weighted by molar-refractivity contribution is 7.98. The first-order valence-electron chi connectivity index (χ1n) is 5.48. The quantitative estimate of drug-likeness (QED) is 0.830. The second-order valence-electron chi connectivity index (χ2n) is 4.21. The van der Waals surface area contributed by atoms with Crippen LogP contribution >= 0.6 is 11.8 Å². The Labute approximate surface area is 106 Å². The van der Waals surface area contributed by atoms with Crippen molar-refractivity contribution in [2.75, 3.05) is 12.0 Å². The first-order valence-corrected chi connectivity index (χ1v) is 6.70. The summed E-state index contributed by atoms with van der Waals surface area (Å²) in [5, 5.41) is 4.44. The van der Waals surface area contributed by atoms with Crippen LogP contribution in [0.1, 0.15) is 11.1 Å². The summed E-state index contributed by atoms with van der Waals surface area (Å²) < 4.78 is 1.70. The predicted octanol–water partition coefficient (Wildman–Crippen LogP) is 3.01. The van der Waals surface area contributed by atoms with Crippen LogP contribution in [0, 0.1) is 13.8 Å². The number of nitrogens with zero attached hydrogens (tertiary/aromatic N) is 2. The highest BCUT2D eigenvalue weighted by Crippen LogP contribution is 2.32. The van der Waals surface area contributed by atoms with Gasteiger partial charge in [0.15, 0.2) is 0 Å². The van der Waals surface area contributed by atoms with E-state index in [-0.39, 0.29) is 0 Å². The Kier molecular flexibility index (Phi) is 3.15. The fourth-order valence-corrected chi connectivity index (χ4v) is 2.45. The summed E-state index contributed by atoms with van der Waals surface area (Å²) in [4.78, 5) is 1.24. The van der Waals surface area contributed by atoms with E-state index < -0.39 is 0 Å². The second-order valence-corrected chi connectivity index (χ2v) is 5.06. The lowest BCUT2D eigenvalue weighted by Gasteiger charge is -2.09. The Hall–Kier alpha value is -1.42. The molecule has 0 atom stereocenters. The number of anilines is 1. The third-order valence-corrected chi connectivity index (χ3v) is 3.79. The average molecular weight is 247 g/mol. The van der Waals surface area contributed by atoms with E-state index in [1.54, 1.807) is 16.4 Å². The standard InChI is InChI=1S/C13H17N3S/c1-8-5-10(12(17-4)6-9(8)2)11-7-13(14)16(3)15-11/h5-7H,14H2,1-4H3. The van der Waals surface area contributed by atoms with Crippen molar-refractivity contribution < 1.29 is 0 Å². The zero-order valence-electron chi connectivity index (χ0n) is 10.6. The van der Waals surface area contributed by atoms with Crippen LogP contribution in [0.5, 0.6) is 0 Å². The van der Waals surface area contributed by atoms with Crippen LogP contribution in [0.3, 0.4) is 0 Å². The molecule has 0 aliphatic carbocycles. The third-order valence-electron chi connectivity index (χ3n) is 3.01. The van der Waals surface area contributed by atoms with Gasteiger partial charge in [-0.2, -0.15) is 5.10 Å². The van der Waals surface area contributed by atoms with Crippen LogP contribution in [0.15, 0.2) is 23.1 Å². The number of benzene rings is 1. The number of thioether (sulfide) groups is 1. The number of hydrogen-bond acceptors (Lipinski definition) is 3. The minimum atomic E-state index is 0.685. The van der Waals surface area contributed by atoms with Gasteiger partial charge in [0.2, 0.25) is 0 Å². The Bertz CT molecular complexity index is 539. The molecule has 0 amide bonds. The number of nitrogens with two attached hydrogens (primary N) is 1. The first-order chi connectivity index (χ1) is 8.02. The van der Waals surface area contributed by atoms with Gasteiger partial charge >= 0.3 is 0 Å². The summed E-state index contributed by atoms with van der Waals surface area (Å²) in [6, 6.07) is 6.31. The molecule has 2 N–H and O–H groups in total. The Morgan fingerprint density at radius 1 is 1.18 bits per heavy atom. The van der Waals surface area contributed by atoms with Gasteiger partial charge in [0, 0.05) is 23.6 Å². The van der Waals surface area contributed by atoms with Crippen molar-refractivity contribution in [1.29, 1.82) is 0 Å². The molecular formula is C13H17N3S. The molecule has 17 heavy (non-hydrogen) atoms. The molecule has 0 aliphatic heterocycles. The van der Waals surface area contributed by atoms with Crippen LogP contribution in [-0.4, -0.2) is 16.0 Å². The molecule has 0 radical (unpaired) electrons. The van der Waals surface area contributed by atoms with Crippen molar-refractivity contribution in [2.24, 2.45) is 7.05 Å². The van der Waals surface area contributed by atoms with Gasteiger partial charge in [-0.1, -0.05) is 0 Å². The summed E-state index contributed by atoms with van der Waals surface area (Å²) in [5.74, 6) is 0.685. The molecule has 0 unspecified atom stereocenters. The van der Waals surface area contributed by atoms with Crippen LogP contribution in [0.25, 0.3) is 11.3 Å². The molecule has 0 spiro atoms. The summed E-state index contributed by atoms with van der Waals surface area (Å²) >= 11 is 1.74. The molecule has 0 saturated heterocycles. The number of aryl methyl sites for hydroxylation is 3. The molecule has 2 aromatic rings. The minimum Gasteiger partial charge on any atom is -0.384 e. The van der Waals surface area contributed by atoms with E-state index in [0.29, 0.717) is 5.82 Å². The number of hydrogen-bond donors (Lipinski definition) is 1. The molecule has 0 bridgehead atoms. The lowest BCUT2D eigenvalue weighted by atomic mass is 10.0. The van der Waals surface area contributed by atoms with Crippen molar-refractivity contribution in [3.8, 4) is 11.3 Å². The summed E-state index contributed by atoms with van der Waals surface area (Å²) in [6.07, 6.45) is 2.08. The van der Waals surface area contributed by atoms with Crippen LogP contribution in [-0.2, 0) is 7.05 Å². The van der Waals surface area contributed by atoms with Crippen LogP contribution in [0.4, 0.5) is 5.82 Å². The number of rotatable bonds is 2. The van der Waals surface area contributed by atoms with Crippen molar-refractivity contribution >= 4 is 17.6 Å². The molecule has 0 aliphatic rings. The fourth-order valence-electron chi connectivity index (χ4n) is 1.77. The molecule has 1 heterocycles. The van der Waals surface area contributed by atoms with E-state index in [4.69, 9.17) is 5.73 Å². The zero-order chi connectivity index (χ0) is 12.6. The smallest absolute Gasteiger partial charge is 0.121 e. The van der Waals surface area contributed by atoms with Gasteiger partial charge in [-0.3, -0.25) is 4.68 Å². The maximum atomic E-state index is 5.83. The predicted molar refractivity (Wildman–Crippen MR) is 74.3 cm³/mol. The number of aromatic nitrogens is 2. The summed E-state index contributed by atoms with van der Waals surface area (Å²) in [6.45, 7) is 4.25. The van der Waals surface area contributed by atoms with E-state index >= 15 is 0 Å². The van der Waals surface area contributed by atoms with Gasteiger partial charge in [0.05, 0.1) is 5.69 Å². The molecule has 0 saturated carbocycles. The second kappa shape index (κ2) is 4.45. The van der Waals surface area contributed by atoms with Crippen molar-refractivity contribution in [3.05, 3.63) is 29.3 Å². The average Bonchev–Trinajstić information content (AvgIpc) is 2.62. The van der Waals surface area contributed by atoms with Crippen molar-refractivity contribution in [3.63, 3.8) is 0 Å². The molecule has 1 aromatic carbocycles. The number of nitrogen functional groups attached to an aromatic ring is 1. The highest BCUT2D eigenvalue weighted by Gasteiger charge is 2.11. The monoisotopic (exact) mass is 247 g/mol. The fraction of sp³-hybridized carbons (Fsp3) is 0.308. The molecule has 3 nitrogen and oxygen atoms in total. The van der Waals surface area contributed by atoms with Crippen LogP contribution < -0.4 is 5.73 Å². The lowest BCUT2D eigenvalue weighted by molar-refractivity contribution is 0.781. The lowest BCUT2D eigenvalue weighted by Crippen LogP contribution is -1.96. The summed E-state index contributed by atoms with van der Waals surface area (Å²) in [7, 11) is 1.86. The first kappa shape index (κ1) is 12.0. The Morgan fingerprint density at radius 3 is 2.35 bits per heavy atom. The largest absolute Gasteiger partial charge is 0.384 e. The van der Waals surface area contributed by atoms with Crippen molar-refractivity contribution in [1.82, 2.24) is 9.78 Å². The maximum Gasteiger partial charge on any atom is 0.121 e. The SMILES string of the molecule is CSc1cc(C)c(C)cc1-c1cc(N)n(C)n1. The van der Waals surface area contributed by atoms with Crippen molar-refractivity contribution in [2.45, 2.75) is 18.7 Å². The van der Waals surface area contributed by atoms with Gasteiger partial charge in [-0.05, 0) is 43.4 Å². The highest BCUT2D eigenvalue weighted by atomic mass is 32.2. The minimum absolute atomic E-state index is 0.685. The Balaban J connectivity index is 2.61. The molecule has 4 heteroatoms. The topological polar surface area (TPSA) is 43.8 Å². The van der Waals surface area contributed by atoms with Gasteiger partial charge in [0.1, 0.15) is 5.82 Å². The normalized spacial score (nSPS) is 10.8. The van der Waals surface area contributed by atoms with E-state index in [9.17, 15) is 0 Å². The van der Waals surface area contributed by atoms with Gasteiger partial charge in [0.25, 0.3) is 0 Å². The van der Waals surface area contributed by atoms with E-state index in [0.717, 1.165) is 11.3 Å². The Morgan fingerprint density at radius 2 is 1.82 bits per heavy atom. The summed E-state index contributed by atoms with van der Waals surface area (Å²) in [5.41, 5.74) is 10.5. The maximum absolute atomic E-state index is 5.83. The third kappa shape index (κ3) is 2.17. The van der Waals surface area contributed by atoms with E-state index in [1.165, 1.54) is 16.0 Å². The zero-order valence-corrected chi connectivity index (χ0v) is 11.4.